The SMILES string of the molecule is CC(C)C(=O)Nc1ccccc1-c1nnc(SCC(=O)Nc2ccc(C(N)=O)cc2)[nH]c1=O. The highest BCUT2D eigenvalue weighted by atomic mass is 32.2. The third-order valence-corrected chi connectivity index (χ3v) is 5.30. The van der Waals surface area contributed by atoms with Gasteiger partial charge in [-0.1, -0.05) is 43.8 Å². The van der Waals surface area contributed by atoms with Crippen LogP contribution in [0.3, 0.4) is 0 Å². The standard InChI is InChI=1S/C22H22N6O4S/c1-12(2)20(31)25-16-6-4-3-5-15(16)18-21(32)26-22(28-27-18)33-11-17(29)24-14-9-7-13(8-10-14)19(23)30/h3-10,12H,11H2,1-2H3,(H2,23,30)(H,24,29)(H,25,31)(H,26,28,32). The van der Waals surface area contributed by atoms with Gasteiger partial charge >= 0.3 is 0 Å². The molecule has 5 N–H and O–H groups in total. The van der Waals surface area contributed by atoms with Crippen LogP contribution in [0.15, 0.2) is 58.5 Å². The van der Waals surface area contributed by atoms with Crippen LogP contribution in [0.5, 0.6) is 0 Å². The van der Waals surface area contributed by atoms with E-state index in [1.165, 1.54) is 12.1 Å². The molecule has 0 saturated heterocycles. The summed E-state index contributed by atoms with van der Waals surface area (Å²) in [5.74, 6) is -1.33. The molecular weight excluding hydrogens is 444 g/mol. The van der Waals surface area contributed by atoms with Gasteiger partial charge in [0.25, 0.3) is 5.56 Å². The van der Waals surface area contributed by atoms with E-state index in [2.05, 4.69) is 25.8 Å². The van der Waals surface area contributed by atoms with E-state index >= 15 is 0 Å². The van der Waals surface area contributed by atoms with E-state index in [1.54, 1.807) is 50.2 Å². The molecule has 0 spiro atoms. The number of carbonyl (C=O) groups is 3. The molecule has 2 aromatic carbocycles. The van der Waals surface area contributed by atoms with E-state index < -0.39 is 11.5 Å². The summed E-state index contributed by atoms with van der Waals surface area (Å²) in [6, 6.07) is 13.0. The first-order valence-corrected chi connectivity index (χ1v) is 10.9. The fraction of sp³-hybridized carbons (Fsp3) is 0.182. The van der Waals surface area contributed by atoms with Crippen molar-refractivity contribution in [3.8, 4) is 11.3 Å². The van der Waals surface area contributed by atoms with Crippen LogP contribution in [0.2, 0.25) is 0 Å². The summed E-state index contributed by atoms with van der Waals surface area (Å²) < 4.78 is 0. The zero-order valence-corrected chi connectivity index (χ0v) is 18.7. The van der Waals surface area contributed by atoms with Crippen molar-refractivity contribution < 1.29 is 14.4 Å². The molecule has 0 aliphatic heterocycles. The molecule has 0 bridgehead atoms. The van der Waals surface area contributed by atoms with Crippen LogP contribution in [-0.4, -0.2) is 38.7 Å². The number of aromatic nitrogens is 3. The summed E-state index contributed by atoms with van der Waals surface area (Å²) in [6.07, 6.45) is 0. The number of rotatable bonds is 8. The molecule has 3 amide bonds. The fourth-order valence-electron chi connectivity index (χ4n) is 2.69. The Labute approximate surface area is 193 Å². The largest absolute Gasteiger partial charge is 0.366 e. The first-order valence-electron chi connectivity index (χ1n) is 9.94. The number of primary amides is 1. The highest BCUT2D eigenvalue weighted by Gasteiger charge is 2.16. The zero-order chi connectivity index (χ0) is 24.0. The molecule has 170 valence electrons. The van der Waals surface area contributed by atoms with Crippen molar-refractivity contribution in [1.82, 2.24) is 15.2 Å². The van der Waals surface area contributed by atoms with E-state index in [0.29, 0.717) is 22.5 Å². The van der Waals surface area contributed by atoms with Gasteiger partial charge in [-0.05, 0) is 30.3 Å². The normalized spacial score (nSPS) is 10.6. The summed E-state index contributed by atoms with van der Waals surface area (Å²) in [7, 11) is 0. The van der Waals surface area contributed by atoms with Gasteiger partial charge in [-0.3, -0.25) is 24.2 Å². The van der Waals surface area contributed by atoms with Gasteiger partial charge < -0.3 is 16.4 Å². The second-order valence-electron chi connectivity index (χ2n) is 7.28. The van der Waals surface area contributed by atoms with E-state index in [1.807, 2.05) is 0 Å². The van der Waals surface area contributed by atoms with Crippen molar-refractivity contribution in [3.05, 3.63) is 64.4 Å². The summed E-state index contributed by atoms with van der Waals surface area (Å²) in [5, 5.41) is 13.6. The van der Waals surface area contributed by atoms with Gasteiger partial charge in [0.2, 0.25) is 17.7 Å². The van der Waals surface area contributed by atoms with Crippen molar-refractivity contribution >= 4 is 40.9 Å². The Balaban J connectivity index is 1.67. The van der Waals surface area contributed by atoms with Gasteiger partial charge in [0.15, 0.2) is 10.9 Å². The monoisotopic (exact) mass is 466 g/mol. The number of hydrogen-bond donors (Lipinski definition) is 4. The molecule has 0 saturated carbocycles. The van der Waals surface area contributed by atoms with Crippen LogP contribution in [0.1, 0.15) is 24.2 Å². The smallest absolute Gasteiger partial charge is 0.278 e. The van der Waals surface area contributed by atoms with E-state index in [0.717, 1.165) is 11.8 Å². The Morgan fingerprint density at radius 2 is 1.73 bits per heavy atom. The number of carbonyl (C=O) groups excluding carboxylic acids is 3. The Kier molecular flexibility index (Phi) is 7.57. The summed E-state index contributed by atoms with van der Waals surface area (Å²) in [4.78, 5) is 50.6. The number of amides is 3. The van der Waals surface area contributed by atoms with Crippen LogP contribution in [-0.2, 0) is 9.59 Å². The number of nitrogens with zero attached hydrogens (tertiary/aromatic N) is 2. The number of benzene rings is 2. The zero-order valence-electron chi connectivity index (χ0n) is 17.9. The predicted molar refractivity (Wildman–Crippen MR) is 126 cm³/mol. The molecule has 0 unspecified atom stereocenters. The average molecular weight is 467 g/mol. The van der Waals surface area contributed by atoms with Crippen LogP contribution in [0, 0.1) is 5.92 Å². The van der Waals surface area contributed by atoms with E-state index in [4.69, 9.17) is 5.73 Å². The van der Waals surface area contributed by atoms with Crippen LogP contribution >= 0.6 is 11.8 Å². The predicted octanol–water partition coefficient (Wildman–Crippen LogP) is 2.26. The first kappa shape index (κ1) is 23.7. The van der Waals surface area contributed by atoms with Gasteiger partial charge in [0, 0.05) is 22.7 Å². The molecule has 11 heteroatoms. The van der Waals surface area contributed by atoms with E-state index in [-0.39, 0.29) is 34.3 Å². The second kappa shape index (κ2) is 10.6. The maximum absolute atomic E-state index is 12.6. The highest BCUT2D eigenvalue weighted by molar-refractivity contribution is 7.99. The van der Waals surface area contributed by atoms with Gasteiger partial charge in [0.05, 0.1) is 11.4 Å². The lowest BCUT2D eigenvalue weighted by atomic mass is 10.1. The van der Waals surface area contributed by atoms with Gasteiger partial charge in [-0.25, -0.2) is 0 Å². The fourth-order valence-corrected chi connectivity index (χ4v) is 3.29. The molecule has 33 heavy (non-hydrogen) atoms. The van der Waals surface area contributed by atoms with Crippen molar-refractivity contribution in [1.29, 1.82) is 0 Å². The van der Waals surface area contributed by atoms with Crippen molar-refractivity contribution in [2.45, 2.75) is 19.0 Å². The third kappa shape index (κ3) is 6.26. The van der Waals surface area contributed by atoms with Crippen LogP contribution < -0.4 is 21.9 Å². The molecule has 1 heterocycles. The minimum absolute atomic E-state index is 0.0252. The number of aromatic amines is 1. The molecule has 10 nitrogen and oxygen atoms in total. The molecule has 1 aromatic heterocycles. The highest BCUT2D eigenvalue weighted by Crippen LogP contribution is 2.24. The Bertz CT molecular complexity index is 1240. The Hall–Kier alpha value is -3.99. The number of thioether (sulfide) groups is 1. The minimum Gasteiger partial charge on any atom is -0.366 e. The number of nitrogens with two attached hydrogens (primary N) is 1. The number of nitrogens with one attached hydrogen (secondary N) is 3. The van der Waals surface area contributed by atoms with Crippen molar-refractivity contribution in [2.24, 2.45) is 11.7 Å². The molecule has 0 atom stereocenters. The van der Waals surface area contributed by atoms with Crippen LogP contribution in [0.4, 0.5) is 11.4 Å². The van der Waals surface area contributed by atoms with Gasteiger partial charge in [-0.15, -0.1) is 10.2 Å². The number of anilines is 2. The maximum Gasteiger partial charge on any atom is 0.278 e. The topological polar surface area (TPSA) is 160 Å². The molecule has 0 aliphatic carbocycles. The molecule has 3 aromatic rings. The Morgan fingerprint density at radius 1 is 1.03 bits per heavy atom. The third-order valence-electron chi connectivity index (χ3n) is 4.43. The lowest BCUT2D eigenvalue weighted by Gasteiger charge is -2.11. The lowest BCUT2D eigenvalue weighted by molar-refractivity contribution is -0.119. The molecule has 0 radical (unpaired) electrons. The van der Waals surface area contributed by atoms with Crippen molar-refractivity contribution in [2.75, 3.05) is 16.4 Å². The Morgan fingerprint density at radius 3 is 2.36 bits per heavy atom. The van der Waals surface area contributed by atoms with E-state index in [9.17, 15) is 19.2 Å². The second-order valence-corrected chi connectivity index (χ2v) is 8.24. The summed E-state index contributed by atoms with van der Waals surface area (Å²) in [6.45, 7) is 3.53. The molecule has 0 fully saturated rings. The van der Waals surface area contributed by atoms with Gasteiger partial charge in [0.1, 0.15) is 0 Å². The maximum atomic E-state index is 12.6. The average Bonchev–Trinajstić information content (AvgIpc) is 2.78. The molecule has 3 rings (SSSR count). The molecular formula is C22H22N6O4S. The molecule has 0 aliphatic rings. The summed E-state index contributed by atoms with van der Waals surface area (Å²) >= 11 is 1.01. The van der Waals surface area contributed by atoms with Crippen molar-refractivity contribution in [3.63, 3.8) is 0 Å². The lowest BCUT2D eigenvalue weighted by Crippen LogP contribution is -2.20. The quantitative estimate of drug-likeness (QED) is 0.370. The van der Waals surface area contributed by atoms with Gasteiger partial charge in [-0.2, -0.15) is 0 Å². The number of hydrogen-bond acceptors (Lipinski definition) is 7. The number of H-pyrrole nitrogens is 1. The first-order chi connectivity index (χ1) is 15.7. The minimum atomic E-state index is -0.556. The van der Waals surface area contributed by atoms with Crippen LogP contribution in [0.25, 0.3) is 11.3 Å². The number of para-hydroxylation sites is 1. The summed E-state index contributed by atoms with van der Waals surface area (Å²) in [5.41, 5.74) is 6.47.